The molecule has 0 aliphatic heterocycles. The summed E-state index contributed by atoms with van der Waals surface area (Å²) in [4.78, 5) is 0. The summed E-state index contributed by atoms with van der Waals surface area (Å²) in [5, 5.41) is 0. The summed E-state index contributed by atoms with van der Waals surface area (Å²) in [6.07, 6.45) is 6.14. The van der Waals surface area contributed by atoms with E-state index in [2.05, 4.69) is 51.6 Å². The molecule has 0 saturated heterocycles. The fourth-order valence-corrected chi connectivity index (χ4v) is 3.59. The van der Waals surface area contributed by atoms with Crippen LogP contribution < -0.4 is 0 Å². The van der Waals surface area contributed by atoms with Crippen LogP contribution in [-0.4, -0.2) is 0 Å². The molecule has 0 amide bonds. The van der Waals surface area contributed by atoms with Gasteiger partial charge in [0.2, 0.25) is 0 Å². The Morgan fingerprint density at radius 1 is 1.22 bits per heavy atom. The topological polar surface area (TPSA) is 0 Å². The summed E-state index contributed by atoms with van der Waals surface area (Å²) in [5.74, 6) is 3.20. The van der Waals surface area contributed by atoms with Crippen LogP contribution in [-0.2, 0) is 0 Å². The molecule has 0 N–H and O–H groups in total. The lowest BCUT2D eigenvalue weighted by atomic mass is 9.67. The average Bonchev–Trinajstić information content (AvgIpc) is 2.38. The molecule has 0 nitrogen and oxygen atoms in total. The van der Waals surface area contributed by atoms with E-state index in [9.17, 15) is 0 Å². The van der Waals surface area contributed by atoms with Crippen molar-refractivity contribution >= 4 is 6.08 Å². The average molecular weight is 242 g/mol. The molecule has 1 aromatic carbocycles. The zero-order chi connectivity index (χ0) is 13.1. The van der Waals surface area contributed by atoms with Crippen LogP contribution in [0.25, 0.3) is 6.08 Å². The second-order valence-corrected chi connectivity index (χ2v) is 6.27. The Hall–Kier alpha value is -1.04. The van der Waals surface area contributed by atoms with E-state index in [1.54, 1.807) is 0 Å². The summed E-state index contributed by atoms with van der Waals surface area (Å²) in [6, 6.07) is 8.82. The van der Waals surface area contributed by atoms with Gasteiger partial charge in [-0.2, -0.15) is 0 Å². The first-order valence-corrected chi connectivity index (χ1v) is 7.34. The third-order valence-corrected chi connectivity index (χ3v) is 4.64. The van der Waals surface area contributed by atoms with E-state index < -0.39 is 0 Å². The minimum absolute atomic E-state index is 0.725. The first-order chi connectivity index (χ1) is 8.63. The largest absolute Gasteiger partial charge is 0.0985 e. The maximum Gasteiger partial charge on any atom is -0.0123 e. The molecule has 1 saturated carbocycles. The normalized spacial score (nSPS) is 28.3. The first kappa shape index (κ1) is 13.4. The van der Waals surface area contributed by atoms with Crippen molar-refractivity contribution in [1.29, 1.82) is 0 Å². The van der Waals surface area contributed by atoms with Gasteiger partial charge in [0, 0.05) is 0 Å². The molecule has 0 heteroatoms. The number of rotatable bonds is 3. The van der Waals surface area contributed by atoms with Crippen LogP contribution in [0, 0.1) is 17.8 Å². The molecule has 1 aliphatic rings. The van der Waals surface area contributed by atoms with Gasteiger partial charge in [-0.25, -0.2) is 0 Å². The molecular weight excluding hydrogens is 216 g/mol. The standard InChI is InChI=1S/C18H26/c1-5-15-8-6-7-9-17(15)18-12-14(4)10-11-16(18)13(2)3/h5-9,13-14,16,18H,1,10-12H2,2-4H3. The van der Waals surface area contributed by atoms with Gasteiger partial charge in [-0.05, 0) is 47.6 Å². The lowest BCUT2D eigenvalue weighted by molar-refractivity contribution is 0.197. The molecule has 98 valence electrons. The second kappa shape index (κ2) is 5.73. The van der Waals surface area contributed by atoms with Gasteiger partial charge in [0.1, 0.15) is 0 Å². The predicted molar refractivity (Wildman–Crippen MR) is 80.6 cm³/mol. The number of hydrogen-bond acceptors (Lipinski definition) is 0. The zero-order valence-electron chi connectivity index (χ0n) is 12.0. The van der Waals surface area contributed by atoms with Gasteiger partial charge in [-0.1, -0.05) is 64.1 Å². The molecular formula is C18H26. The van der Waals surface area contributed by atoms with Crippen molar-refractivity contribution in [3.05, 3.63) is 42.0 Å². The van der Waals surface area contributed by atoms with Gasteiger partial charge in [0.25, 0.3) is 0 Å². The van der Waals surface area contributed by atoms with E-state index >= 15 is 0 Å². The number of benzene rings is 1. The summed E-state index contributed by atoms with van der Waals surface area (Å²) in [7, 11) is 0. The van der Waals surface area contributed by atoms with E-state index in [0.29, 0.717) is 0 Å². The number of hydrogen-bond donors (Lipinski definition) is 0. The molecule has 3 unspecified atom stereocenters. The van der Waals surface area contributed by atoms with E-state index in [1.165, 1.54) is 30.4 Å². The maximum absolute atomic E-state index is 3.98. The quantitative estimate of drug-likeness (QED) is 0.656. The fourth-order valence-electron chi connectivity index (χ4n) is 3.59. The molecule has 0 bridgehead atoms. The molecule has 1 aromatic rings. The van der Waals surface area contributed by atoms with Gasteiger partial charge >= 0.3 is 0 Å². The zero-order valence-corrected chi connectivity index (χ0v) is 12.0. The highest BCUT2D eigenvalue weighted by molar-refractivity contribution is 5.53. The first-order valence-electron chi connectivity index (χ1n) is 7.34. The van der Waals surface area contributed by atoms with E-state index in [1.807, 2.05) is 6.08 Å². The van der Waals surface area contributed by atoms with Crippen LogP contribution in [0.5, 0.6) is 0 Å². The molecule has 0 spiro atoms. The molecule has 0 heterocycles. The Morgan fingerprint density at radius 3 is 2.61 bits per heavy atom. The molecule has 0 aromatic heterocycles. The highest BCUT2D eigenvalue weighted by Gasteiger charge is 2.32. The summed E-state index contributed by atoms with van der Waals surface area (Å²) in [6.45, 7) is 11.1. The van der Waals surface area contributed by atoms with Crippen LogP contribution in [0.2, 0.25) is 0 Å². The van der Waals surface area contributed by atoms with Crippen molar-refractivity contribution in [3.8, 4) is 0 Å². The highest BCUT2D eigenvalue weighted by Crippen LogP contribution is 2.44. The molecule has 1 fully saturated rings. The maximum atomic E-state index is 3.98. The van der Waals surface area contributed by atoms with Crippen molar-refractivity contribution in [3.63, 3.8) is 0 Å². The molecule has 18 heavy (non-hydrogen) atoms. The van der Waals surface area contributed by atoms with Crippen molar-refractivity contribution in [2.45, 2.75) is 46.0 Å². The third kappa shape index (κ3) is 2.68. The van der Waals surface area contributed by atoms with Crippen molar-refractivity contribution < 1.29 is 0 Å². The minimum atomic E-state index is 0.725. The second-order valence-electron chi connectivity index (χ2n) is 6.27. The van der Waals surface area contributed by atoms with Crippen LogP contribution in [0.3, 0.4) is 0 Å². The Balaban J connectivity index is 2.34. The van der Waals surface area contributed by atoms with Crippen LogP contribution in [0.1, 0.15) is 57.1 Å². The van der Waals surface area contributed by atoms with Gasteiger partial charge < -0.3 is 0 Å². The Labute approximate surface area is 112 Å². The van der Waals surface area contributed by atoms with Crippen LogP contribution in [0.15, 0.2) is 30.8 Å². The van der Waals surface area contributed by atoms with Crippen LogP contribution >= 0.6 is 0 Å². The Morgan fingerprint density at radius 2 is 1.94 bits per heavy atom. The summed E-state index contributed by atoms with van der Waals surface area (Å²) in [5.41, 5.74) is 2.86. The Bertz CT molecular complexity index is 402. The van der Waals surface area contributed by atoms with E-state index in [0.717, 1.165) is 23.7 Å². The minimum Gasteiger partial charge on any atom is -0.0985 e. The van der Waals surface area contributed by atoms with Crippen molar-refractivity contribution in [2.75, 3.05) is 0 Å². The predicted octanol–water partition coefficient (Wildman–Crippen LogP) is 5.51. The van der Waals surface area contributed by atoms with E-state index in [4.69, 9.17) is 0 Å². The highest BCUT2D eigenvalue weighted by atomic mass is 14.4. The third-order valence-electron chi connectivity index (χ3n) is 4.64. The van der Waals surface area contributed by atoms with Crippen LogP contribution in [0.4, 0.5) is 0 Å². The monoisotopic (exact) mass is 242 g/mol. The Kier molecular flexibility index (Phi) is 4.27. The SMILES string of the molecule is C=Cc1ccccc1C1CC(C)CCC1C(C)C. The van der Waals surface area contributed by atoms with Gasteiger partial charge in [-0.15, -0.1) is 0 Å². The van der Waals surface area contributed by atoms with Gasteiger partial charge in [0.15, 0.2) is 0 Å². The summed E-state index contributed by atoms with van der Waals surface area (Å²) >= 11 is 0. The molecule has 2 rings (SSSR count). The van der Waals surface area contributed by atoms with E-state index in [-0.39, 0.29) is 0 Å². The lowest BCUT2D eigenvalue weighted by Crippen LogP contribution is -2.26. The van der Waals surface area contributed by atoms with Gasteiger partial charge in [-0.3, -0.25) is 0 Å². The summed E-state index contributed by atoms with van der Waals surface area (Å²) < 4.78 is 0. The van der Waals surface area contributed by atoms with Gasteiger partial charge in [0.05, 0.1) is 0 Å². The van der Waals surface area contributed by atoms with Crippen molar-refractivity contribution in [2.24, 2.45) is 17.8 Å². The fraction of sp³-hybridized carbons (Fsp3) is 0.556. The van der Waals surface area contributed by atoms with Crippen molar-refractivity contribution in [1.82, 2.24) is 0 Å². The lowest BCUT2D eigenvalue weighted by Gasteiger charge is -2.38. The smallest absolute Gasteiger partial charge is 0.0123 e. The molecule has 1 aliphatic carbocycles. The molecule has 0 radical (unpaired) electrons. The molecule has 3 atom stereocenters.